The van der Waals surface area contributed by atoms with Crippen molar-refractivity contribution in [2.45, 2.75) is 123 Å². The number of ether oxygens (including phenoxy) is 3. The van der Waals surface area contributed by atoms with E-state index in [9.17, 15) is 8.78 Å². The third-order valence-corrected chi connectivity index (χ3v) is 13.3. The zero-order valence-electron chi connectivity index (χ0n) is 38.6. The molecule has 0 aliphatic heterocycles. The second-order valence-electron chi connectivity index (χ2n) is 18.3. The van der Waals surface area contributed by atoms with E-state index < -0.39 is 11.6 Å². The molecule has 64 heavy (non-hydrogen) atoms. The Balaban J connectivity index is 0.000000205. The van der Waals surface area contributed by atoms with Gasteiger partial charge in [0.15, 0.2) is 17.4 Å². The van der Waals surface area contributed by atoms with Crippen LogP contribution in [0.3, 0.4) is 0 Å². The highest BCUT2D eigenvalue weighted by atomic mass is 19.1. The molecule has 2 saturated carbocycles. The quantitative estimate of drug-likeness (QED) is 0.0908. The van der Waals surface area contributed by atoms with Crippen LogP contribution >= 0.6 is 0 Å². The topological polar surface area (TPSA) is 27.7 Å². The van der Waals surface area contributed by atoms with Gasteiger partial charge in [-0.15, -0.1) is 0 Å². The maximum Gasteiger partial charge on any atom is 0.190 e. The Bertz CT molecular complexity index is 2260. The monoisotopic (exact) mass is 863 g/mol. The van der Waals surface area contributed by atoms with Crippen LogP contribution in [0.15, 0.2) is 133 Å². The fraction of sp³-hybridized carbons (Fsp3) is 0.390. The summed E-state index contributed by atoms with van der Waals surface area (Å²) in [6.45, 7) is 10.2. The van der Waals surface area contributed by atoms with Crippen molar-refractivity contribution in [1.29, 1.82) is 0 Å². The van der Waals surface area contributed by atoms with Gasteiger partial charge in [0, 0.05) is 6.42 Å². The average molecular weight is 863 g/mol. The Labute approximate surface area is 382 Å². The first-order valence-corrected chi connectivity index (χ1v) is 24.0. The standard InChI is InChI=1S/C33H40F2O3.C26H28/c1-3-4-5-19-36-29-15-11-25(12-16-29)26-13-17-30(18-14-26)37-20-6-21-38-33-31(34)22-28(23-32(33)35)27-9-7-24(2)8-10-27;1-19-3-7-21(8-4-19)23-11-15-25(16-12-23)26-17-13-24(14-18-26)22-9-5-20(2)6-10-22/h7-12,15-16,22-23,26,30H,3-6,13-14,17-21H2,1-2H3;3-4,7-8,11-18,20,22H,5-6,9-10H2,1-2H3. The van der Waals surface area contributed by atoms with Gasteiger partial charge in [0.05, 0.1) is 25.9 Å². The highest BCUT2D eigenvalue weighted by Gasteiger charge is 2.23. The van der Waals surface area contributed by atoms with E-state index in [0.29, 0.717) is 24.5 Å². The van der Waals surface area contributed by atoms with Crippen molar-refractivity contribution >= 4 is 0 Å². The lowest BCUT2D eigenvalue weighted by Gasteiger charge is -2.29. The van der Waals surface area contributed by atoms with Crippen LogP contribution in [-0.4, -0.2) is 25.9 Å². The molecular formula is C59H68F2O3. The van der Waals surface area contributed by atoms with Crippen LogP contribution in [0, 0.1) is 31.4 Å². The number of hydrogen-bond acceptors (Lipinski definition) is 3. The minimum absolute atomic E-state index is 0.208. The van der Waals surface area contributed by atoms with Gasteiger partial charge in [-0.05, 0) is 145 Å². The van der Waals surface area contributed by atoms with Gasteiger partial charge in [-0.25, -0.2) is 8.78 Å². The summed E-state index contributed by atoms with van der Waals surface area (Å²) in [5.41, 5.74) is 11.7. The zero-order valence-corrected chi connectivity index (χ0v) is 38.6. The van der Waals surface area contributed by atoms with E-state index in [-0.39, 0.29) is 18.5 Å². The minimum atomic E-state index is -0.684. The molecule has 0 unspecified atom stereocenters. The molecule has 6 aromatic carbocycles. The summed E-state index contributed by atoms with van der Waals surface area (Å²) in [5, 5.41) is 0. The maximum absolute atomic E-state index is 14.6. The van der Waals surface area contributed by atoms with E-state index in [1.54, 1.807) is 0 Å². The summed E-state index contributed by atoms with van der Waals surface area (Å²) in [7, 11) is 0. The van der Waals surface area contributed by atoms with Crippen molar-refractivity contribution in [2.24, 2.45) is 5.92 Å². The predicted molar refractivity (Wildman–Crippen MR) is 261 cm³/mol. The van der Waals surface area contributed by atoms with Crippen LogP contribution in [0.25, 0.3) is 33.4 Å². The summed E-state index contributed by atoms with van der Waals surface area (Å²) >= 11 is 0. The molecule has 0 radical (unpaired) electrons. The lowest BCUT2D eigenvalue weighted by Crippen LogP contribution is -2.22. The molecule has 2 aliphatic rings. The van der Waals surface area contributed by atoms with Gasteiger partial charge >= 0.3 is 0 Å². The molecule has 0 heterocycles. The van der Waals surface area contributed by atoms with Gasteiger partial charge in [0.2, 0.25) is 0 Å². The summed E-state index contributed by atoms with van der Waals surface area (Å²) in [6.07, 6.45) is 14.0. The van der Waals surface area contributed by atoms with E-state index in [2.05, 4.69) is 118 Å². The highest BCUT2D eigenvalue weighted by Crippen LogP contribution is 2.37. The number of unbranched alkanes of at least 4 members (excludes halogenated alkanes) is 2. The summed E-state index contributed by atoms with van der Waals surface area (Å²) in [5.74, 6) is 1.50. The van der Waals surface area contributed by atoms with Crippen molar-refractivity contribution in [3.63, 3.8) is 0 Å². The minimum Gasteiger partial charge on any atom is -0.494 e. The number of halogens is 2. The van der Waals surface area contributed by atoms with Crippen LogP contribution in [0.2, 0.25) is 0 Å². The Hall–Kier alpha value is -5.26. The van der Waals surface area contributed by atoms with Crippen molar-refractivity contribution in [3.8, 4) is 44.9 Å². The van der Waals surface area contributed by atoms with E-state index >= 15 is 0 Å². The largest absolute Gasteiger partial charge is 0.494 e. The molecule has 0 spiro atoms. The normalized spacial score (nSPS) is 18.5. The van der Waals surface area contributed by atoms with Gasteiger partial charge in [0.1, 0.15) is 5.75 Å². The molecule has 6 aromatic rings. The molecule has 8 rings (SSSR count). The Morgan fingerprint density at radius 2 is 0.875 bits per heavy atom. The first-order valence-electron chi connectivity index (χ1n) is 24.0. The maximum atomic E-state index is 14.6. The van der Waals surface area contributed by atoms with Crippen LogP contribution in [0.5, 0.6) is 11.5 Å². The van der Waals surface area contributed by atoms with Crippen molar-refractivity contribution in [3.05, 3.63) is 167 Å². The zero-order chi connectivity index (χ0) is 44.7. The van der Waals surface area contributed by atoms with Gasteiger partial charge in [-0.2, -0.15) is 0 Å². The predicted octanol–water partition coefficient (Wildman–Crippen LogP) is 16.6. The lowest BCUT2D eigenvalue weighted by molar-refractivity contribution is 0.0188. The molecule has 2 aliphatic carbocycles. The van der Waals surface area contributed by atoms with Gasteiger partial charge in [0.25, 0.3) is 0 Å². The number of rotatable bonds is 16. The van der Waals surface area contributed by atoms with E-state index in [1.165, 1.54) is 89.6 Å². The number of aryl methyl sites for hydroxylation is 2. The molecule has 0 amide bonds. The number of hydrogen-bond donors (Lipinski definition) is 0. The number of benzene rings is 6. The second kappa shape index (κ2) is 23.6. The molecule has 0 aromatic heterocycles. The first-order chi connectivity index (χ1) is 31.2. The Morgan fingerprint density at radius 1 is 0.453 bits per heavy atom. The molecule has 0 N–H and O–H groups in total. The second-order valence-corrected chi connectivity index (χ2v) is 18.3. The Kier molecular flexibility index (Phi) is 17.2. The third kappa shape index (κ3) is 13.4. The fourth-order valence-electron chi connectivity index (χ4n) is 9.18. The van der Waals surface area contributed by atoms with E-state index in [0.717, 1.165) is 67.4 Å². The first kappa shape index (κ1) is 46.7. The van der Waals surface area contributed by atoms with Gasteiger partial charge < -0.3 is 14.2 Å². The SMILES string of the molecule is CCCCCOc1ccc(C2CCC(OCCCOc3c(F)cc(-c4ccc(C)cc4)cc3F)CC2)cc1.Cc1ccc(-c2ccc(-c3ccc(C4CCC(C)CC4)cc3)cc2)cc1. The van der Waals surface area contributed by atoms with Crippen molar-refractivity contribution < 1.29 is 23.0 Å². The fourth-order valence-corrected chi connectivity index (χ4v) is 9.18. The molecule has 0 atom stereocenters. The van der Waals surface area contributed by atoms with Crippen LogP contribution in [0.1, 0.15) is 125 Å². The smallest absolute Gasteiger partial charge is 0.190 e. The summed E-state index contributed by atoms with van der Waals surface area (Å²) in [6, 6.07) is 45.8. The third-order valence-electron chi connectivity index (χ3n) is 13.3. The van der Waals surface area contributed by atoms with Crippen LogP contribution in [0.4, 0.5) is 8.78 Å². The van der Waals surface area contributed by atoms with Gasteiger partial charge in [-0.1, -0.05) is 160 Å². The van der Waals surface area contributed by atoms with E-state index in [1.807, 2.05) is 31.2 Å². The van der Waals surface area contributed by atoms with Crippen LogP contribution < -0.4 is 9.47 Å². The van der Waals surface area contributed by atoms with Crippen molar-refractivity contribution in [1.82, 2.24) is 0 Å². The van der Waals surface area contributed by atoms with Crippen LogP contribution in [-0.2, 0) is 4.74 Å². The lowest BCUT2D eigenvalue weighted by atomic mass is 9.79. The molecule has 3 nitrogen and oxygen atoms in total. The molecule has 0 saturated heterocycles. The summed E-state index contributed by atoms with van der Waals surface area (Å²) < 4.78 is 46.4. The molecule has 5 heteroatoms. The van der Waals surface area contributed by atoms with Crippen molar-refractivity contribution in [2.75, 3.05) is 19.8 Å². The molecule has 2 fully saturated rings. The summed E-state index contributed by atoms with van der Waals surface area (Å²) in [4.78, 5) is 0. The average Bonchev–Trinajstić information content (AvgIpc) is 3.32. The molecular weight excluding hydrogens is 795 g/mol. The van der Waals surface area contributed by atoms with E-state index in [4.69, 9.17) is 14.2 Å². The Morgan fingerprint density at radius 3 is 1.38 bits per heavy atom. The molecule has 336 valence electrons. The van der Waals surface area contributed by atoms with Gasteiger partial charge in [-0.3, -0.25) is 0 Å². The highest BCUT2D eigenvalue weighted by molar-refractivity contribution is 5.71. The molecule has 0 bridgehead atoms.